The zero-order valence-corrected chi connectivity index (χ0v) is 19.1. The van der Waals surface area contributed by atoms with Gasteiger partial charge in [-0.1, -0.05) is 24.3 Å². The molecule has 0 radical (unpaired) electrons. The van der Waals surface area contributed by atoms with Gasteiger partial charge in [-0.25, -0.2) is 13.1 Å². The van der Waals surface area contributed by atoms with E-state index in [0.717, 1.165) is 5.75 Å². The monoisotopic (exact) mass is 539 g/mol. The molecular formula is C20H22IN5O3S. The highest BCUT2D eigenvalue weighted by atomic mass is 127. The number of hydrogen-bond acceptors (Lipinski definition) is 5. The molecule has 0 atom stereocenters. The van der Waals surface area contributed by atoms with E-state index in [0.29, 0.717) is 11.4 Å². The summed E-state index contributed by atoms with van der Waals surface area (Å²) in [7, 11) is -3.61. The van der Waals surface area contributed by atoms with Gasteiger partial charge in [0.25, 0.3) is 0 Å². The SMILES string of the molecule is I.NC(=NCCNS(=O)(=O)c1cccnc1)Nc1cccc(Oc2ccccc2)c1. The van der Waals surface area contributed by atoms with Gasteiger partial charge in [0.1, 0.15) is 16.4 Å². The minimum absolute atomic E-state index is 0. The Morgan fingerprint density at radius 1 is 1.03 bits per heavy atom. The summed E-state index contributed by atoms with van der Waals surface area (Å²) < 4.78 is 32.4. The highest BCUT2D eigenvalue weighted by Crippen LogP contribution is 2.23. The second-order valence-electron chi connectivity index (χ2n) is 5.92. The molecule has 0 spiro atoms. The normalized spacial score (nSPS) is 11.4. The van der Waals surface area contributed by atoms with Crippen molar-refractivity contribution >= 4 is 45.6 Å². The van der Waals surface area contributed by atoms with Crippen molar-refractivity contribution in [1.29, 1.82) is 0 Å². The van der Waals surface area contributed by atoms with Crippen molar-refractivity contribution in [2.75, 3.05) is 18.4 Å². The average molecular weight is 539 g/mol. The van der Waals surface area contributed by atoms with Gasteiger partial charge in [0.05, 0.1) is 6.54 Å². The van der Waals surface area contributed by atoms with Crippen molar-refractivity contribution in [3.63, 3.8) is 0 Å². The maximum Gasteiger partial charge on any atom is 0.242 e. The van der Waals surface area contributed by atoms with Crippen molar-refractivity contribution in [2.45, 2.75) is 4.90 Å². The summed E-state index contributed by atoms with van der Waals surface area (Å²) >= 11 is 0. The minimum Gasteiger partial charge on any atom is -0.457 e. The molecule has 0 fully saturated rings. The molecule has 0 aliphatic carbocycles. The number of aromatic nitrogens is 1. The van der Waals surface area contributed by atoms with Crippen molar-refractivity contribution in [2.24, 2.45) is 10.7 Å². The number of halogens is 1. The maximum atomic E-state index is 12.1. The second kappa shape index (κ2) is 11.5. The molecule has 0 saturated heterocycles. The smallest absolute Gasteiger partial charge is 0.242 e. The maximum absolute atomic E-state index is 12.1. The highest BCUT2D eigenvalue weighted by Gasteiger charge is 2.12. The number of rotatable bonds is 8. The Morgan fingerprint density at radius 2 is 1.80 bits per heavy atom. The number of benzene rings is 2. The fraction of sp³-hybridized carbons (Fsp3) is 0.100. The van der Waals surface area contributed by atoms with Crippen LogP contribution in [0.3, 0.4) is 0 Å². The number of ether oxygens (including phenoxy) is 1. The summed E-state index contributed by atoms with van der Waals surface area (Å²) in [4.78, 5) is 8.03. The number of pyridine rings is 1. The van der Waals surface area contributed by atoms with Crippen LogP contribution in [0.15, 0.2) is 89.0 Å². The van der Waals surface area contributed by atoms with Crippen molar-refractivity contribution in [3.05, 3.63) is 79.1 Å². The minimum atomic E-state index is -3.61. The molecule has 1 aromatic heterocycles. The average Bonchev–Trinajstić information content (AvgIpc) is 2.73. The van der Waals surface area contributed by atoms with Crippen LogP contribution in [-0.2, 0) is 10.0 Å². The van der Waals surface area contributed by atoms with Gasteiger partial charge in [0, 0.05) is 30.7 Å². The first-order valence-electron chi connectivity index (χ1n) is 8.82. The number of para-hydroxylation sites is 1. The van der Waals surface area contributed by atoms with Crippen molar-refractivity contribution < 1.29 is 13.2 Å². The molecule has 8 nitrogen and oxygen atoms in total. The van der Waals surface area contributed by atoms with E-state index in [1.54, 1.807) is 12.1 Å². The lowest BCUT2D eigenvalue weighted by atomic mass is 10.3. The summed E-state index contributed by atoms with van der Waals surface area (Å²) in [6, 6.07) is 19.7. The molecule has 158 valence electrons. The van der Waals surface area contributed by atoms with Crippen LogP contribution in [-0.4, -0.2) is 32.5 Å². The topological polar surface area (TPSA) is 119 Å². The Balaban J connectivity index is 0.00000320. The van der Waals surface area contributed by atoms with Gasteiger partial charge in [-0.15, -0.1) is 24.0 Å². The fourth-order valence-electron chi connectivity index (χ4n) is 2.40. The van der Waals surface area contributed by atoms with E-state index in [4.69, 9.17) is 10.5 Å². The number of aliphatic imine (C=N–C) groups is 1. The number of nitrogens with zero attached hydrogens (tertiary/aromatic N) is 2. The summed E-state index contributed by atoms with van der Waals surface area (Å²) in [5.41, 5.74) is 6.58. The quantitative estimate of drug-likeness (QED) is 0.175. The van der Waals surface area contributed by atoms with Gasteiger partial charge >= 0.3 is 0 Å². The summed E-state index contributed by atoms with van der Waals surface area (Å²) in [6.07, 6.45) is 2.79. The molecule has 0 aliphatic rings. The molecule has 0 unspecified atom stereocenters. The number of guanidine groups is 1. The third-order valence-corrected chi connectivity index (χ3v) is 5.16. The Morgan fingerprint density at radius 3 is 2.53 bits per heavy atom. The molecular weight excluding hydrogens is 517 g/mol. The van der Waals surface area contributed by atoms with Crippen molar-refractivity contribution in [3.8, 4) is 11.5 Å². The molecule has 3 aromatic rings. The largest absolute Gasteiger partial charge is 0.457 e. The van der Waals surface area contributed by atoms with Crippen LogP contribution in [0.1, 0.15) is 0 Å². The first-order valence-corrected chi connectivity index (χ1v) is 10.3. The van der Waals surface area contributed by atoms with Crippen LogP contribution >= 0.6 is 24.0 Å². The van der Waals surface area contributed by atoms with Gasteiger partial charge in [-0.05, 0) is 36.4 Å². The lowest BCUT2D eigenvalue weighted by Crippen LogP contribution is -2.28. The van der Waals surface area contributed by atoms with E-state index in [1.165, 1.54) is 18.5 Å². The standard InChI is InChI=1S/C20H21N5O3S.HI/c21-20(23-12-13-24-29(26,27)19-10-5-11-22-15-19)25-16-6-4-9-18(14-16)28-17-7-2-1-3-8-17;/h1-11,14-15,24H,12-13H2,(H3,21,23,25);1H. The molecule has 0 saturated carbocycles. The summed E-state index contributed by atoms with van der Waals surface area (Å²) in [5.74, 6) is 1.55. The Bertz CT molecular complexity index is 1060. The Labute approximate surface area is 192 Å². The van der Waals surface area contributed by atoms with E-state index in [1.807, 2.05) is 48.5 Å². The molecule has 0 amide bonds. The highest BCUT2D eigenvalue weighted by molar-refractivity contribution is 14.0. The van der Waals surface area contributed by atoms with E-state index < -0.39 is 10.0 Å². The van der Waals surface area contributed by atoms with Gasteiger partial charge in [0.15, 0.2) is 5.96 Å². The zero-order valence-electron chi connectivity index (χ0n) is 15.9. The first-order chi connectivity index (χ1) is 14.0. The van der Waals surface area contributed by atoms with E-state index in [2.05, 4.69) is 20.0 Å². The molecule has 0 bridgehead atoms. The van der Waals surface area contributed by atoms with Crippen LogP contribution in [0.25, 0.3) is 0 Å². The zero-order chi connectivity index (χ0) is 20.5. The fourth-order valence-corrected chi connectivity index (χ4v) is 3.38. The molecule has 1 heterocycles. The van der Waals surface area contributed by atoms with Gasteiger partial charge in [-0.3, -0.25) is 9.98 Å². The van der Waals surface area contributed by atoms with E-state index >= 15 is 0 Å². The van der Waals surface area contributed by atoms with Gasteiger partial charge < -0.3 is 15.8 Å². The molecule has 2 aromatic carbocycles. The van der Waals surface area contributed by atoms with E-state index in [-0.39, 0.29) is 47.9 Å². The third kappa shape index (κ3) is 7.28. The number of sulfonamides is 1. The molecule has 30 heavy (non-hydrogen) atoms. The Hall–Kier alpha value is -2.70. The van der Waals surface area contributed by atoms with Crippen LogP contribution in [0.5, 0.6) is 11.5 Å². The number of nitrogens with two attached hydrogens (primary N) is 1. The van der Waals surface area contributed by atoms with Crippen molar-refractivity contribution in [1.82, 2.24) is 9.71 Å². The van der Waals surface area contributed by atoms with Crippen LogP contribution in [0.4, 0.5) is 5.69 Å². The second-order valence-corrected chi connectivity index (χ2v) is 7.69. The summed E-state index contributed by atoms with van der Waals surface area (Å²) in [5, 5.41) is 2.96. The number of nitrogens with one attached hydrogen (secondary N) is 2. The van der Waals surface area contributed by atoms with Gasteiger partial charge in [-0.2, -0.15) is 0 Å². The van der Waals surface area contributed by atoms with Crippen LogP contribution in [0, 0.1) is 0 Å². The molecule has 4 N–H and O–H groups in total. The molecule has 0 aliphatic heterocycles. The van der Waals surface area contributed by atoms with Crippen LogP contribution in [0.2, 0.25) is 0 Å². The number of hydrogen-bond donors (Lipinski definition) is 3. The Kier molecular flexibility index (Phi) is 9.02. The van der Waals surface area contributed by atoms with E-state index in [9.17, 15) is 8.42 Å². The first kappa shape index (κ1) is 23.6. The summed E-state index contributed by atoms with van der Waals surface area (Å²) in [6.45, 7) is 0.287. The third-order valence-electron chi connectivity index (χ3n) is 3.72. The predicted octanol–water partition coefficient (Wildman–Crippen LogP) is 3.20. The lowest BCUT2D eigenvalue weighted by Gasteiger charge is -2.09. The number of anilines is 1. The molecule has 3 rings (SSSR count). The predicted molar refractivity (Wildman–Crippen MR) is 128 cm³/mol. The molecule has 10 heteroatoms. The lowest BCUT2D eigenvalue weighted by molar-refractivity contribution is 0.483. The van der Waals surface area contributed by atoms with Crippen LogP contribution < -0.4 is 20.5 Å². The van der Waals surface area contributed by atoms with Gasteiger partial charge in [0.2, 0.25) is 10.0 Å².